The highest BCUT2D eigenvalue weighted by atomic mass is 32.1. The molecule has 4 nitrogen and oxygen atoms in total. The third-order valence-electron chi connectivity index (χ3n) is 4.53. The Kier molecular flexibility index (Phi) is 6.06. The number of rotatable bonds is 5. The number of amides is 1. The molecular weight excluding hydrogens is 365 g/mol. The highest BCUT2D eigenvalue weighted by Crippen LogP contribution is 2.40. The molecule has 1 unspecified atom stereocenters. The number of esters is 1. The number of hydrogen-bond donors (Lipinski definition) is 1. The molecule has 1 heterocycles. The Morgan fingerprint density at radius 2 is 2.07 bits per heavy atom. The second kappa shape index (κ2) is 8.48. The van der Waals surface area contributed by atoms with Crippen LogP contribution in [0.25, 0.3) is 6.08 Å². The van der Waals surface area contributed by atoms with Gasteiger partial charge in [-0.2, -0.15) is 0 Å². The van der Waals surface area contributed by atoms with Crippen molar-refractivity contribution in [2.45, 2.75) is 33.1 Å². The van der Waals surface area contributed by atoms with E-state index in [-0.39, 0.29) is 24.3 Å². The number of benzene rings is 1. The summed E-state index contributed by atoms with van der Waals surface area (Å²) in [7, 11) is 0. The Bertz CT molecular complexity index is 870. The van der Waals surface area contributed by atoms with Gasteiger partial charge in [-0.25, -0.2) is 9.18 Å². The Morgan fingerprint density at radius 3 is 2.78 bits per heavy atom. The van der Waals surface area contributed by atoms with E-state index in [2.05, 4.69) is 12.2 Å². The first-order valence-corrected chi connectivity index (χ1v) is 9.85. The molecule has 3 rings (SSSR count). The van der Waals surface area contributed by atoms with Gasteiger partial charge in [0.05, 0.1) is 12.2 Å². The second-order valence-electron chi connectivity index (χ2n) is 6.65. The van der Waals surface area contributed by atoms with Crippen molar-refractivity contribution in [1.29, 1.82) is 0 Å². The van der Waals surface area contributed by atoms with Gasteiger partial charge in [-0.05, 0) is 61.4 Å². The zero-order valence-electron chi connectivity index (χ0n) is 15.4. The molecule has 0 fully saturated rings. The quantitative estimate of drug-likeness (QED) is 0.590. The first-order chi connectivity index (χ1) is 13.0. The smallest absolute Gasteiger partial charge is 0.341 e. The summed E-state index contributed by atoms with van der Waals surface area (Å²) in [5.74, 6) is -0.485. The standard InChI is InChI=1S/C21H22FNO3S/c1-3-26-21(25)19-16-10-4-13(2)12-17(16)27-20(19)23-18(24)11-7-14-5-8-15(22)9-6-14/h5-9,11,13H,3-4,10,12H2,1-2H3,(H,23,24). The molecule has 27 heavy (non-hydrogen) atoms. The van der Waals surface area contributed by atoms with Crippen LogP contribution < -0.4 is 5.32 Å². The molecule has 0 saturated heterocycles. The fourth-order valence-electron chi connectivity index (χ4n) is 3.16. The van der Waals surface area contributed by atoms with Crippen LogP contribution in [-0.2, 0) is 22.4 Å². The Balaban J connectivity index is 1.81. The summed E-state index contributed by atoms with van der Waals surface area (Å²) < 4.78 is 18.2. The van der Waals surface area contributed by atoms with Crippen molar-refractivity contribution in [3.05, 3.63) is 57.7 Å². The lowest BCUT2D eigenvalue weighted by Crippen LogP contribution is -2.15. The van der Waals surface area contributed by atoms with Gasteiger partial charge in [0.1, 0.15) is 10.8 Å². The molecule has 0 aliphatic heterocycles. The first kappa shape index (κ1) is 19.3. The van der Waals surface area contributed by atoms with Gasteiger partial charge in [-0.15, -0.1) is 11.3 Å². The molecule has 0 bridgehead atoms. The number of halogens is 1. The number of anilines is 1. The van der Waals surface area contributed by atoms with Crippen molar-refractivity contribution >= 4 is 34.3 Å². The maximum Gasteiger partial charge on any atom is 0.341 e. The molecule has 1 N–H and O–H groups in total. The van der Waals surface area contributed by atoms with Gasteiger partial charge in [0.25, 0.3) is 0 Å². The van der Waals surface area contributed by atoms with Crippen LogP contribution >= 0.6 is 11.3 Å². The van der Waals surface area contributed by atoms with E-state index in [1.54, 1.807) is 25.1 Å². The van der Waals surface area contributed by atoms with E-state index in [0.717, 1.165) is 35.3 Å². The van der Waals surface area contributed by atoms with E-state index >= 15 is 0 Å². The maximum absolute atomic E-state index is 13.0. The summed E-state index contributed by atoms with van der Waals surface area (Å²) in [5.41, 5.74) is 2.22. The van der Waals surface area contributed by atoms with Crippen LogP contribution in [0.2, 0.25) is 0 Å². The Labute approximate surface area is 162 Å². The monoisotopic (exact) mass is 387 g/mol. The van der Waals surface area contributed by atoms with Gasteiger partial charge in [0.15, 0.2) is 0 Å². The lowest BCUT2D eigenvalue weighted by molar-refractivity contribution is -0.111. The number of fused-ring (bicyclic) bond motifs is 1. The van der Waals surface area contributed by atoms with E-state index in [4.69, 9.17) is 4.74 Å². The number of hydrogen-bond acceptors (Lipinski definition) is 4. The van der Waals surface area contributed by atoms with E-state index in [1.165, 1.54) is 29.5 Å². The lowest BCUT2D eigenvalue weighted by atomic mass is 9.88. The number of carbonyl (C=O) groups excluding carboxylic acids is 2. The van der Waals surface area contributed by atoms with E-state index in [9.17, 15) is 14.0 Å². The SMILES string of the molecule is CCOC(=O)c1c(NC(=O)C=Cc2ccc(F)cc2)sc2c1CCC(C)C2. The first-order valence-electron chi connectivity index (χ1n) is 9.04. The molecule has 1 amide bonds. The number of ether oxygens (including phenoxy) is 1. The fourth-order valence-corrected chi connectivity index (χ4v) is 4.56. The van der Waals surface area contributed by atoms with Gasteiger partial charge >= 0.3 is 5.97 Å². The molecule has 1 atom stereocenters. The van der Waals surface area contributed by atoms with Gasteiger partial charge in [0.2, 0.25) is 5.91 Å². The molecule has 1 aromatic heterocycles. The van der Waals surface area contributed by atoms with Crippen LogP contribution in [-0.4, -0.2) is 18.5 Å². The van der Waals surface area contributed by atoms with Crippen LogP contribution in [0.15, 0.2) is 30.3 Å². The van der Waals surface area contributed by atoms with Gasteiger partial charge in [0, 0.05) is 11.0 Å². The van der Waals surface area contributed by atoms with Crippen molar-refractivity contribution in [3.8, 4) is 0 Å². The molecule has 0 saturated carbocycles. The molecule has 0 spiro atoms. The summed E-state index contributed by atoms with van der Waals surface area (Å²) in [6.07, 6.45) is 5.74. The molecule has 1 aliphatic rings. The average Bonchev–Trinajstić information content (AvgIpc) is 2.98. The number of thiophene rings is 1. The van der Waals surface area contributed by atoms with Crippen LogP contribution in [0.3, 0.4) is 0 Å². The van der Waals surface area contributed by atoms with Crippen LogP contribution in [0, 0.1) is 11.7 Å². The molecule has 1 aromatic carbocycles. The van der Waals surface area contributed by atoms with Crippen LogP contribution in [0.4, 0.5) is 9.39 Å². The minimum absolute atomic E-state index is 0.289. The predicted molar refractivity (Wildman–Crippen MR) is 106 cm³/mol. The minimum Gasteiger partial charge on any atom is -0.462 e. The van der Waals surface area contributed by atoms with E-state index in [1.807, 2.05) is 0 Å². The molecular formula is C21H22FNO3S. The number of nitrogens with one attached hydrogen (secondary N) is 1. The molecule has 2 aromatic rings. The normalized spacial score (nSPS) is 16.2. The summed E-state index contributed by atoms with van der Waals surface area (Å²) in [6.45, 7) is 4.25. The Morgan fingerprint density at radius 1 is 1.33 bits per heavy atom. The van der Waals surface area contributed by atoms with Gasteiger partial charge < -0.3 is 10.1 Å². The largest absolute Gasteiger partial charge is 0.462 e. The van der Waals surface area contributed by atoms with E-state index in [0.29, 0.717) is 16.5 Å². The maximum atomic E-state index is 13.0. The van der Waals surface area contributed by atoms with E-state index < -0.39 is 0 Å². The van der Waals surface area contributed by atoms with Crippen molar-refractivity contribution in [2.75, 3.05) is 11.9 Å². The second-order valence-corrected chi connectivity index (χ2v) is 7.76. The zero-order valence-corrected chi connectivity index (χ0v) is 16.2. The lowest BCUT2D eigenvalue weighted by Gasteiger charge is -2.18. The summed E-state index contributed by atoms with van der Waals surface area (Å²) in [5, 5.41) is 3.36. The highest BCUT2D eigenvalue weighted by molar-refractivity contribution is 7.17. The van der Waals surface area contributed by atoms with Crippen LogP contribution in [0.1, 0.15) is 46.6 Å². The van der Waals surface area contributed by atoms with Crippen LogP contribution in [0.5, 0.6) is 0 Å². The fraction of sp³-hybridized carbons (Fsp3) is 0.333. The van der Waals surface area contributed by atoms with Gasteiger partial charge in [-0.1, -0.05) is 19.1 Å². The third kappa shape index (κ3) is 4.63. The minimum atomic E-state index is -0.387. The topological polar surface area (TPSA) is 55.4 Å². The van der Waals surface area contributed by atoms with Crippen molar-refractivity contribution < 1.29 is 18.7 Å². The molecule has 1 aliphatic carbocycles. The van der Waals surface area contributed by atoms with Crippen molar-refractivity contribution in [2.24, 2.45) is 5.92 Å². The van der Waals surface area contributed by atoms with Gasteiger partial charge in [-0.3, -0.25) is 4.79 Å². The van der Waals surface area contributed by atoms with Crippen molar-refractivity contribution in [3.63, 3.8) is 0 Å². The Hall–Kier alpha value is -2.47. The highest BCUT2D eigenvalue weighted by Gasteiger charge is 2.28. The zero-order chi connectivity index (χ0) is 19.4. The third-order valence-corrected chi connectivity index (χ3v) is 5.69. The molecule has 6 heteroatoms. The summed E-state index contributed by atoms with van der Waals surface area (Å²) >= 11 is 1.46. The van der Waals surface area contributed by atoms with Crippen molar-refractivity contribution in [1.82, 2.24) is 0 Å². The predicted octanol–water partition coefficient (Wildman–Crippen LogP) is 4.84. The average molecular weight is 387 g/mol. The number of carbonyl (C=O) groups is 2. The summed E-state index contributed by atoms with van der Waals surface area (Å²) in [6, 6.07) is 5.86. The molecule has 0 radical (unpaired) electrons. The summed E-state index contributed by atoms with van der Waals surface area (Å²) in [4.78, 5) is 25.9. The molecule has 142 valence electrons.